The van der Waals surface area contributed by atoms with Crippen LogP contribution in [0.25, 0.3) is 0 Å². The standard InChI is InChI=1S/C16H21N3O2/c1-10-7-14(17)6-5-13(10)9-19-12(3)15(11(2)18-19)8-16(20)21-4/h5-7H,8-9,17H2,1-4H3. The molecule has 0 unspecified atom stereocenters. The first-order valence-electron chi connectivity index (χ1n) is 6.87. The molecule has 0 aliphatic carbocycles. The van der Waals surface area contributed by atoms with E-state index in [4.69, 9.17) is 10.5 Å². The number of anilines is 1. The number of nitrogen functional groups attached to an aromatic ring is 1. The molecule has 5 nitrogen and oxygen atoms in total. The van der Waals surface area contributed by atoms with Gasteiger partial charge in [-0.15, -0.1) is 0 Å². The van der Waals surface area contributed by atoms with Crippen molar-refractivity contribution in [1.29, 1.82) is 0 Å². The molecule has 0 saturated carbocycles. The van der Waals surface area contributed by atoms with Crippen molar-refractivity contribution in [1.82, 2.24) is 9.78 Å². The van der Waals surface area contributed by atoms with Gasteiger partial charge in [-0.1, -0.05) is 6.07 Å². The first-order valence-corrected chi connectivity index (χ1v) is 6.87. The normalized spacial score (nSPS) is 10.7. The van der Waals surface area contributed by atoms with E-state index in [1.807, 2.05) is 43.7 Å². The van der Waals surface area contributed by atoms with Gasteiger partial charge in [0.05, 0.1) is 25.8 Å². The largest absolute Gasteiger partial charge is 0.469 e. The van der Waals surface area contributed by atoms with Gasteiger partial charge in [0.1, 0.15) is 0 Å². The number of nitrogens with zero attached hydrogens (tertiary/aromatic N) is 2. The highest BCUT2D eigenvalue weighted by Crippen LogP contribution is 2.18. The molecule has 0 bridgehead atoms. The molecule has 1 aromatic carbocycles. The van der Waals surface area contributed by atoms with Gasteiger partial charge in [-0.3, -0.25) is 9.48 Å². The predicted octanol–water partition coefficient (Wildman–Crippen LogP) is 2.15. The van der Waals surface area contributed by atoms with E-state index in [0.717, 1.165) is 28.2 Å². The molecule has 0 atom stereocenters. The molecule has 2 N–H and O–H groups in total. The van der Waals surface area contributed by atoms with Crippen molar-refractivity contribution in [2.24, 2.45) is 0 Å². The van der Waals surface area contributed by atoms with Crippen LogP contribution in [0.5, 0.6) is 0 Å². The maximum atomic E-state index is 11.5. The van der Waals surface area contributed by atoms with Crippen LogP contribution in [0.4, 0.5) is 5.69 Å². The second-order valence-electron chi connectivity index (χ2n) is 5.25. The number of hydrogen-bond donors (Lipinski definition) is 1. The molecule has 112 valence electrons. The van der Waals surface area contributed by atoms with Gasteiger partial charge in [-0.25, -0.2) is 0 Å². The summed E-state index contributed by atoms with van der Waals surface area (Å²) in [6.45, 7) is 6.59. The Kier molecular flexibility index (Phi) is 4.31. The number of ether oxygens (including phenoxy) is 1. The summed E-state index contributed by atoms with van der Waals surface area (Å²) in [6, 6.07) is 5.86. The maximum absolute atomic E-state index is 11.5. The molecule has 5 heteroatoms. The first-order chi connectivity index (χ1) is 9.92. The summed E-state index contributed by atoms with van der Waals surface area (Å²) in [5, 5.41) is 4.53. The Balaban J connectivity index is 2.29. The van der Waals surface area contributed by atoms with Crippen LogP contribution in [0.3, 0.4) is 0 Å². The van der Waals surface area contributed by atoms with Gasteiger partial charge >= 0.3 is 5.97 Å². The Morgan fingerprint density at radius 3 is 2.67 bits per heavy atom. The number of benzene rings is 1. The monoisotopic (exact) mass is 287 g/mol. The summed E-state index contributed by atoms with van der Waals surface area (Å²) in [4.78, 5) is 11.5. The lowest BCUT2D eigenvalue weighted by Crippen LogP contribution is -2.08. The molecule has 21 heavy (non-hydrogen) atoms. The van der Waals surface area contributed by atoms with Crippen LogP contribution < -0.4 is 5.73 Å². The topological polar surface area (TPSA) is 70.1 Å². The lowest BCUT2D eigenvalue weighted by Gasteiger charge is -2.09. The zero-order chi connectivity index (χ0) is 15.6. The number of carbonyl (C=O) groups excluding carboxylic acids is 1. The minimum Gasteiger partial charge on any atom is -0.469 e. The van der Waals surface area contributed by atoms with Crippen LogP contribution in [0.2, 0.25) is 0 Å². The van der Waals surface area contributed by atoms with E-state index >= 15 is 0 Å². The van der Waals surface area contributed by atoms with Gasteiger partial charge in [-0.2, -0.15) is 5.10 Å². The van der Waals surface area contributed by atoms with Crippen molar-refractivity contribution in [3.8, 4) is 0 Å². The number of carbonyl (C=O) groups is 1. The minimum atomic E-state index is -0.246. The Hall–Kier alpha value is -2.30. The number of aryl methyl sites for hydroxylation is 2. The van der Waals surface area contributed by atoms with Crippen LogP contribution in [-0.2, 0) is 22.5 Å². The second-order valence-corrected chi connectivity index (χ2v) is 5.25. The molecule has 2 aromatic rings. The van der Waals surface area contributed by atoms with E-state index < -0.39 is 0 Å². The molecule has 1 aromatic heterocycles. The highest BCUT2D eigenvalue weighted by atomic mass is 16.5. The molecule has 2 rings (SSSR count). The average molecular weight is 287 g/mol. The second kappa shape index (κ2) is 5.99. The minimum absolute atomic E-state index is 0.246. The van der Waals surface area contributed by atoms with Crippen LogP contribution in [-0.4, -0.2) is 22.9 Å². The fraction of sp³-hybridized carbons (Fsp3) is 0.375. The summed E-state index contributed by atoms with van der Waals surface area (Å²) in [7, 11) is 1.40. The van der Waals surface area contributed by atoms with Gasteiger partial charge in [-0.05, 0) is 44.0 Å². The summed E-state index contributed by atoms with van der Waals surface area (Å²) in [5.41, 5.74) is 11.6. The summed E-state index contributed by atoms with van der Waals surface area (Å²) >= 11 is 0. The Labute approximate surface area is 124 Å². The maximum Gasteiger partial charge on any atom is 0.310 e. The fourth-order valence-corrected chi connectivity index (χ4v) is 2.42. The van der Waals surface area contributed by atoms with E-state index in [-0.39, 0.29) is 12.4 Å². The molecule has 0 radical (unpaired) electrons. The van der Waals surface area contributed by atoms with Crippen molar-refractivity contribution in [3.63, 3.8) is 0 Å². The summed E-state index contributed by atoms with van der Waals surface area (Å²) < 4.78 is 6.66. The number of methoxy groups -OCH3 is 1. The van der Waals surface area contributed by atoms with Gasteiger partial charge in [0.15, 0.2) is 0 Å². The molecule has 0 spiro atoms. The molecule has 0 fully saturated rings. The number of aromatic nitrogens is 2. The van der Waals surface area contributed by atoms with Gasteiger partial charge in [0.2, 0.25) is 0 Å². The Morgan fingerprint density at radius 2 is 2.05 bits per heavy atom. The number of nitrogens with two attached hydrogens (primary N) is 1. The van der Waals surface area contributed by atoms with Gasteiger partial charge in [0.25, 0.3) is 0 Å². The average Bonchev–Trinajstić information content (AvgIpc) is 2.69. The molecule has 1 heterocycles. The molecule has 0 aliphatic rings. The lowest BCUT2D eigenvalue weighted by molar-refractivity contribution is -0.139. The number of esters is 1. The Bertz CT molecular complexity index is 674. The van der Waals surface area contributed by atoms with Crippen LogP contribution in [0, 0.1) is 20.8 Å². The van der Waals surface area contributed by atoms with Crippen molar-refractivity contribution in [2.45, 2.75) is 33.7 Å². The van der Waals surface area contributed by atoms with Gasteiger partial charge < -0.3 is 10.5 Å². The van der Waals surface area contributed by atoms with E-state index in [0.29, 0.717) is 6.54 Å². The molecule has 0 amide bonds. The van der Waals surface area contributed by atoms with Crippen molar-refractivity contribution >= 4 is 11.7 Å². The van der Waals surface area contributed by atoms with Crippen LogP contribution in [0.1, 0.15) is 28.1 Å². The van der Waals surface area contributed by atoms with Crippen molar-refractivity contribution in [2.75, 3.05) is 12.8 Å². The van der Waals surface area contributed by atoms with Crippen molar-refractivity contribution < 1.29 is 9.53 Å². The summed E-state index contributed by atoms with van der Waals surface area (Å²) in [5.74, 6) is -0.246. The smallest absolute Gasteiger partial charge is 0.310 e. The molecular weight excluding hydrogens is 266 g/mol. The molecular formula is C16H21N3O2. The Morgan fingerprint density at radius 1 is 1.33 bits per heavy atom. The fourth-order valence-electron chi connectivity index (χ4n) is 2.42. The van der Waals surface area contributed by atoms with Crippen molar-refractivity contribution in [3.05, 3.63) is 46.3 Å². The number of hydrogen-bond acceptors (Lipinski definition) is 4. The highest BCUT2D eigenvalue weighted by molar-refractivity contribution is 5.73. The third kappa shape index (κ3) is 3.24. The first kappa shape index (κ1) is 15.1. The summed E-state index contributed by atoms with van der Waals surface area (Å²) in [6.07, 6.45) is 0.259. The third-order valence-electron chi connectivity index (χ3n) is 3.77. The van der Waals surface area contributed by atoms with Crippen LogP contribution in [0.15, 0.2) is 18.2 Å². The SMILES string of the molecule is COC(=O)Cc1c(C)nn(Cc2ccc(N)cc2C)c1C. The van der Waals surface area contributed by atoms with E-state index in [1.165, 1.54) is 12.7 Å². The van der Waals surface area contributed by atoms with Crippen LogP contribution >= 0.6 is 0 Å². The third-order valence-corrected chi connectivity index (χ3v) is 3.77. The van der Waals surface area contributed by atoms with E-state index in [9.17, 15) is 4.79 Å². The highest BCUT2D eigenvalue weighted by Gasteiger charge is 2.15. The molecule has 0 aliphatic heterocycles. The molecule has 0 saturated heterocycles. The lowest BCUT2D eigenvalue weighted by atomic mass is 10.1. The van der Waals surface area contributed by atoms with Gasteiger partial charge in [0, 0.05) is 16.9 Å². The quantitative estimate of drug-likeness (QED) is 0.691. The van der Waals surface area contributed by atoms with E-state index in [2.05, 4.69) is 5.10 Å². The zero-order valence-corrected chi connectivity index (χ0v) is 12.9. The number of rotatable bonds is 4. The predicted molar refractivity (Wildman–Crippen MR) is 82.1 cm³/mol. The van der Waals surface area contributed by atoms with E-state index in [1.54, 1.807) is 0 Å². The zero-order valence-electron chi connectivity index (χ0n) is 12.9.